The topological polar surface area (TPSA) is 55.0 Å². The smallest absolute Gasteiger partial charge is 0.259 e. The van der Waals surface area contributed by atoms with Crippen LogP contribution < -0.4 is 10.3 Å². The van der Waals surface area contributed by atoms with Gasteiger partial charge in [0.1, 0.15) is 16.4 Å². The molecular weight excluding hydrogens is 284 g/mol. The van der Waals surface area contributed by atoms with Gasteiger partial charge in [0.2, 0.25) is 0 Å². The fraction of sp³-hybridized carbons (Fsp3) is 0.250. The van der Waals surface area contributed by atoms with E-state index in [9.17, 15) is 4.79 Å². The van der Waals surface area contributed by atoms with Crippen LogP contribution in [-0.2, 0) is 12.8 Å². The van der Waals surface area contributed by atoms with Crippen molar-refractivity contribution in [2.75, 3.05) is 7.11 Å². The molecule has 0 spiro atoms. The zero-order valence-corrected chi connectivity index (χ0v) is 12.8. The van der Waals surface area contributed by atoms with Gasteiger partial charge in [-0.1, -0.05) is 25.1 Å². The minimum absolute atomic E-state index is 0.0687. The molecule has 2 heterocycles. The van der Waals surface area contributed by atoms with Gasteiger partial charge in [-0.15, -0.1) is 11.3 Å². The number of aromatic nitrogens is 2. The highest BCUT2D eigenvalue weighted by molar-refractivity contribution is 7.18. The molecule has 0 aliphatic heterocycles. The van der Waals surface area contributed by atoms with E-state index in [4.69, 9.17) is 4.74 Å². The molecule has 0 aliphatic rings. The lowest BCUT2D eigenvalue weighted by molar-refractivity contribution is 0.410. The van der Waals surface area contributed by atoms with Crippen molar-refractivity contribution in [2.24, 2.45) is 0 Å². The molecule has 5 heteroatoms. The second-order valence-corrected chi connectivity index (χ2v) is 5.90. The molecule has 0 atom stereocenters. The Hall–Kier alpha value is -2.14. The Kier molecular flexibility index (Phi) is 3.75. The number of H-pyrrole nitrogens is 1. The van der Waals surface area contributed by atoms with Crippen LogP contribution in [0.1, 0.15) is 23.2 Å². The van der Waals surface area contributed by atoms with Crippen molar-refractivity contribution >= 4 is 21.6 Å². The van der Waals surface area contributed by atoms with Crippen LogP contribution in [0, 0.1) is 0 Å². The molecule has 3 rings (SSSR count). The summed E-state index contributed by atoms with van der Waals surface area (Å²) in [5.41, 5.74) is 0.940. The van der Waals surface area contributed by atoms with E-state index in [1.165, 1.54) is 4.88 Å². The van der Waals surface area contributed by atoms with Gasteiger partial charge < -0.3 is 9.72 Å². The highest BCUT2D eigenvalue weighted by Crippen LogP contribution is 2.23. The Balaban J connectivity index is 2.03. The Bertz CT molecular complexity index is 836. The lowest BCUT2D eigenvalue weighted by atomic mass is 10.1. The summed E-state index contributed by atoms with van der Waals surface area (Å²) in [7, 11) is 1.64. The van der Waals surface area contributed by atoms with Crippen molar-refractivity contribution < 1.29 is 4.74 Å². The first-order chi connectivity index (χ1) is 10.2. The minimum atomic E-state index is -0.0687. The number of nitrogens with zero attached hydrogens (tertiary/aromatic N) is 1. The SMILES string of the molecule is CCc1cc2c(=O)[nH]c(Cc3ccccc3OC)nc2s1. The molecule has 3 aromatic rings. The summed E-state index contributed by atoms with van der Waals surface area (Å²) in [6, 6.07) is 9.70. The van der Waals surface area contributed by atoms with Gasteiger partial charge in [0.05, 0.1) is 12.5 Å². The van der Waals surface area contributed by atoms with Crippen LogP contribution in [0.15, 0.2) is 35.1 Å². The molecule has 0 fully saturated rings. The zero-order chi connectivity index (χ0) is 14.8. The van der Waals surface area contributed by atoms with Crippen LogP contribution in [0.4, 0.5) is 0 Å². The molecule has 4 nitrogen and oxygen atoms in total. The van der Waals surface area contributed by atoms with Crippen LogP contribution >= 0.6 is 11.3 Å². The normalized spacial score (nSPS) is 11.0. The molecule has 0 saturated heterocycles. The fourth-order valence-electron chi connectivity index (χ4n) is 2.31. The van der Waals surface area contributed by atoms with E-state index in [1.54, 1.807) is 18.4 Å². The summed E-state index contributed by atoms with van der Waals surface area (Å²) in [5, 5.41) is 0.681. The van der Waals surface area contributed by atoms with Crippen LogP contribution in [0.25, 0.3) is 10.2 Å². The third-order valence-electron chi connectivity index (χ3n) is 3.40. The predicted octanol–water partition coefficient (Wildman–Crippen LogP) is 3.15. The first-order valence-electron chi connectivity index (χ1n) is 6.84. The number of fused-ring (bicyclic) bond motifs is 1. The Labute approximate surface area is 126 Å². The van der Waals surface area contributed by atoms with Gasteiger partial charge in [0.25, 0.3) is 5.56 Å². The number of hydrogen-bond donors (Lipinski definition) is 1. The van der Waals surface area contributed by atoms with Crippen molar-refractivity contribution in [1.29, 1.82) is 0 Å². The number of aromatic amines is 1. The van der Waals surface area contributed by atoms with E-state index >= 15 is 0 Å². The van der Waals surface area contributed by atoms with Crippen molar-refractivity contribution in [2.45, 2.75) is 19.8 Å². The van der Waals surface area contributed by atoms with Crippen molar-refractivity contribution in [1.82, 2.24) is 9.97 Å². The molecule has 1 aromatic carbocycles. The second kappa shape index (κ2) is 5.69. The summed E-state index contributed by atoms with van der Waals surface area (Å²) in [6.07, 6.45) is 1.47. The quantitative estimate of drug-likeness (QED) is 0.805. The number of aryl methyl sites for hydroxylation is 1. The molecule has 2 aromatic heterocycles. The maximum Gasteiger partial charge on any atom is 0.259 e. The van der Waals surface area contributed by atoms with E-state index in [1.807, 2.05) is 30.3 Å². The summed E-state index contributed by atoms with van der Waals surface area (Å²) >= 11 is 1.58. The van der Waals surface area contributed by atoms with Gasteiger partial charge in [0, 0.05) is 16.9 Å². The number of rotatable bonds is 4. The number of nitrogens with one attached hydrogen (secondary N) is 1. The maximum atomic E-state index is 12.2. The molecular formula is C16H16N2O2S. The predicted molar refractivity (Wildman–Crippen MR) is 85.4 cm³/mol. The monoisotopic (exact) mass is 300 g/mol. The summed E-state index contributed by atoms with van der Waals surface area (Å²) < 4.78 is 5.34. The molecule has 0 radical (unpaired) electrons. The maximum absolute atomic E-state index is 12.2. The van der Waals surface area contributed by atoms with Crippen molar-refractivity contribution in [3.63, 3.8) is 0 Å². The first kappa shape index (κ1) is 13.8. The Morgan fingerprint density at radius 3 is 2.90 bits per heavy atom. The van der Waals surface area contributed by atoms with E-state index in [0.717, 1.165) is 22.6 Å². The number of benzene rings is 1. The fourth-order valence-corrected chi connectivity index (χ4v) is 3.30. The third-order valence-corrected chi connectivity index (χ3v) is 4.57. The van der Waals surface area contributed by atoms with E-state index in [2.05, 4.69) is 16.9 Å². The number of methoxy groups -OCH3 is 1. The average molecular weight is 300 g/mol. The lowest BCUT2D eigenvalue weighted by Crippen LogP contribution is -2.11. The minimum Gasteiger partial charge on any atom is -0.496 e. The van der Waals surface area contributed by atoms with Gasteiger partial charge in [-0.2, -0.15) is 0 Å². The highest BCUT2D eigenvalue weighted by atomic mass is 32.1. The van der Waals surface area contributed by atoms with Gasteiger partial charge in [-0.25, -0.2) is 4.98 Å². The van der Waals surface area contributed by atoms with Crippen LogP contribution in [-0.4, -0.2) is 17.1 Å². The van der Waals surface area contributed by atoms with Crippen molar-refractivity contribution in [3.8, 4) is 5.75 Å². The molecule has 1 N–H and O–H groups in total. The summed E-state index contributed by atoms with van der Waals surface area (Å²) in [6.45, 7) is 2.08. The number of ether oxygens (including phenoxy) is 1. The average Bonchev–Trinajstić information content (AvgIpc) is 2.91. The number of thiophene rings is 1. The molecule has 0 unspecified atom stereocenters. The standard InChI is InChI=1S/C16H16N2O2S/c1-3-11-9-12-15(19)17-14(18-16(12)21-11)8-10-6-4-5-7-13(10)20-2/h4-7,9H,3,8H2,1-2H3,(H,17,18,19). The van der Waals surface area contributed by atoms with Crippen molar-refractivity contribution in [3.05, 3.63) is 57.0 Å². The Morgan fingerprint density at radius 1 is 1.33 bits per heavy atom. The van der Waals surface area contributed by atoms with Gasteiger partial charge >= 0.3 is 0 Å². The molecule has 21 heavy (non-hydrogen) atoms. The summed E-state index contributed by atoms with van der Waals surface area (Å²) in [4.78, 5) is 21.6. The number of para-hydroxylation sites is 1. The van der Waals surface area contributed by atoms with Crippen LogP contribution in [0.5, 0.6) is 5.75 Å². The van der Waals surface area contributed by atoms with Gasteiger partial charge in [-0.3, -0.25) is 4.79 Å². The second-order valence-electron chi connectivity index (χ2n) is 4.79. The van der Waals surface area contributed by atoms with Crippen LogP contribution in [0.2, 0.25) is 0 Å². The molecule has 0 bridgehead atoms. The lowest BCUT2D eigenvalue weighted by Gasteiger charge is -2.07. The highest BCUT2D eigenvalue weighted by Gasteiger charge is 2.10. The van der Waals surface area contributed by atoms with Gasteiger partial charge in [0.15, 0.2) is 0 Å². The molecule has 108 valence electrons. The largest absolute Gasteiger partial charge is 0.496 e. The molecule has 0 amide bonds. The zero-order valence-electron chi connectivity index (χ0n) is 12.0. The van der Waals surface area contributed by atoms with E-state index in [0.29, 0.717) is 17.6 Å². The Morgan fingerprint density at radius 2 is 2.14 bits per heavy atom. The summed E-state index contributed by atoms with van der Waals surface area (Å²) in [5.74, 6) is 1.47. The molecule has 0 aliphatic carbocycles. The van der Waals surface area contributed by atoms with E-state index in [-0.39, 0.29) is 5.56 Å². The van der Waals surface area contributed by atoms with E-state index < -0.39 is 0 Å². The molecule has 0 saturated carbocycles. The number of hydrogen-bond acceptors (Lipinski definition) is 4. The third kappa shape index (κ3) is 2.69. The van der Waals surface area contributed by atoms with Gasteiger partial charge in [-0.05, 0) is 18.6 Å². The first-order valence-corrected chi connectivity index (χ1v) is 7.66. The van der Waals surface area contributed by atoms with Crippen LogP contribution in [0.3, 0.4) is 0 Å².